The summed E-state index contributed by atoms with van der Waals surface area (Å²) in [4.78, 5) is 4.85. The number of hydrogen-bond acceptors (Lipinski definition) is 3. The van der Waals surface area contributed by atoms with Crippen LogP contribution in [0.1, 0.15) is 37.6 Å². The number of rotatable bonds is 7. The molecular formula is C21H25ClN2O2. The summed E-state index contributed by atoms with van der Waals surface area (Å²) in [5.74, 6) is 3.02. The third kappa shape index (κ3) is 3.65. The lowest BCUT2D eigenvalue weighted by atomic mass is 10.1. The predicted molar refractivity (Wildman–Crippen MR) is 107 cm³/mol. The van der Waals surface area contributed by atoms with Crippen LogP contribution >= 0.6 is 11.6 Å². The van der Waals surface area contributed by atoms with Crippen molar-refractivity contribution < 1.29 is 9.47 Å². The number of methoxy groups -OCH3 is 2. The topological polar surface area (TPSA) is 36.3 Å². The first-order valence-electron chi connectivity index (χ1n) is 8.94. The molecule has 0 bridgehead atoms. The van der Waals surface area contributed by atoms with Gasteiger partial charge >= 0.3 is 0 Å². The maximum Gasteiger partial charge on any atom is 0.160 e. The van der Waals surface area contributed by atoms with E-state index in [9.17, 15) is 0 Å². The van der Waals surface area contributed by atoms with Crippen LogP contribution in [0.25, 0.3) is 11.0 Å². The second-order valence-electron chi connectivity index (χ2n) is 6.50. The smallest absolute Gasteiger partial charge is 0.160 e. The normalized spacial score (nSPS) is 12.3. The van der Waals surface area contributed by atoms with Crippen LogP contribution in [-0.4, -0.2) is 23.8 Å². The van der Waals surface area contributed by atoms with E-state index >= 15 is 0 Å². The largest absolute Gasteiger partial charge is 0.493 e. The number of nitrogens with zero attached hydrogens (tertiary/aromatic N) is 2. The van der Waals surface area contributed by atoms with Crippen molar-refractivity contribution in [2.45, 2.75) is 39.2 Å². The molecule has 0 radical (unpaired) electrons. The fraction of sp³-hybridized carbons (Fsp3) is 0.381. The predicted octanol–water partition coefficient (Wildman–Crippen LogP) is 5.46. The lowest BCUT2D eigenvalue weighted by molar-refractivity contribution is 0.354. The van der Waals surface area contributed by atoms with E-state index in [1.54, 1.807) is 14.2 Å². The van der Waals surface area contributed by atoms with Gasteiger partial charge in [-0.3, -0.25) is 0 Å². The summed E-state index contributed by atoms with van der Waals surface area (Å²) in [7, 11) is 3.31. The number of fused-ring (bicyclic) bond motifs is 1. The van der Waals surface area contributed by atoms with E-state index < -0.39 is 0 Å². The van der Waals surface area contributed by atoms with Crippen molar-refractivity contribution in [1.82, 2.24) is 9.55 Å². The van der Waals surface area contributed by atoms with E-state index in [0.29, 0.717) is 5.92 Å². The molecular weight excluding hydrogens is 348 g/mol. The molecule has 0 aliphatic heterocycles. The molecule has 0 aliphatic rings. The Morgan fingerprint density at radius 2 is 1.85 bits per heavy atom. The monoisotopic (exact) mass is 372 g/mol. The molecule has 26 heavy (non-hydrogen) atoms. The number of ether oxygens (including phenoxy) is 2. The van der Waals surface area contributed by atoms with Gasteiger partial charge in [0.1, 0.15) is 5.82 Å². The van der Waals surface area contributed by atoms with Gasteiger partial charge in [-0.25, -0.2) is 4.98 Å². The second-order valence-corrected chi connectivity index (χ2v) is 6.94. The van der Waals surface area contributed by atoms with Crippen molar-refractivity contribution in [2.24, 2.45) is 0 Å². The molecule has 5 heteroatoms. The van der Waals surface area contributed by atoms with E-state index in [1.165, 1.54) is 5.56 Å². The Morgan fingerprint density at radius 1 is 1.08 bits per heavy atom. The molecule has 0 aliphatic carbocycles. The first-order valence-corrected chi connectivity index (χ1v) is 9.31. The maximum atomic E-state index is 6.15. The summed E-state index contributed by atoms with van der Waals surface area (Å²) in [6, 6.07) is 12.0. The van der Waals surface area contributed by atoms with Crippen molar-refractivity contribution >= 4 is 22.6 Å². The van der Waals surface area contributed by atoms with Crippen molar-refractivity contribution in [3.05, 3.63) is 52.8 Å². The highest BCUT2D eigenvalue weighted by Gasteiger charge is 2.16. The maximum absolute atomic E-state index is 6.15. The van der Waals surface area contributed by atoms with E-state index in [2.05, 4.69) is 30.5 Å². The molecule has 3 rings (SSSR count). The van der Waals surface area contributed by atoms with Gasteiger partial charge in [-0.2, -0.15) is 0 Å². The summed E-state index contributed by atoms with van der Waals surface area (Å²) in [6.45, 7) is 5.26. The van der Waals surface area contributed by atoms with Crippen molar-refractivity contribution in [2.75, 3.05) is 14.2 Å². The molecule has 4 nitrogen and oxygen atoms in total. The molecule has 1 heterocycles. The fourth-order valence-corrected chi connectivity index (χ4v) is 3.36. The fourth-order valence-electron chi connectivity index (χ4n) is 3.19. The summed E-state index contributed by atoms with van der Waals surface area (Å²) in [5.41, 5.74) is 3.29. The average Bonchev–Trinajstić information content (AvgIpc) is 3.02. The SMILES string of the molecule is CCC(C)c1nc2cc(Cl)ccc2n1CCc1ccc(OC)c(OC)c1. The van der Waals surface area contributed by atoms with Crippen LogP contribution in [-0.2, 0) is 13.0 Å². The molecule has 138 valence electrons. The molecule has 0 amide bonds. The Bertz CT molecular complexity index is 904. The van der Waals surface area contributed by atoms with Gasteiger partial charge in [0.2, 0.25) is 0 Å². The minimum absolute atomic E-state index is 0.395. The van der Waals surface area contributed by atoms with Gasteiger partial charge in [0, 0.05) is 17.5 Å². The Hall–Kier alpha value is -2.20. The zero-order valence-corrected chi connectivity index (χ0v) is 16.5. The quantitative estimate of drug-likeness (QED) is 0.552. The number of halogens is 1. The van der Waals surface area contributed by atoms with Crippen LogP contribution in [0, 0.1) is 0 Å². The van der Waals surface area contributed by atoms with Crippen molar-refractivity contribution in [3.63, 3.8) is 0 Å². The van der Waals surface area contributed by atoms with Crippen LogP contribution in [0.3, 0.4) is 0 Å². The molecule has 1 atom stereocenters. The first kappa shape index (κ1) is 18.6. The average molecular weight is 373 g/mol. The Balaban J connectivity index is 1.93. The minimum atomic E-state index is 0.395. The number of hydrogen-bond donors (Lipinski definition) is 0. The van der Waals surface area contributed by atoms with Gasteiger partial charge in [-0.05, 0) is 48.7 Å². The third-order valence-corrected chi connectivity index (χ3v) is 5.10. The number of aromatic nitrogens is 2. The molecule has 0 fully saturated rings. The highest BCUT2D eigenvalue weighted by Crippen LogP contribution is 2.29. The number of aryl methyl sites for hydroxylation is 2. The van der Waals surface area contributed by atoms with Crippen molar-refractivity contribution in [1.29, 1.82) is 0 Å². The Morgan fingerprint density at radius 3 is 2.54 bits per heavy atom. The van der Waals surface area contributed by atoms with Gasteiger partial charge in [-0.15, -0.1) is 0 Å². The summed E-state index contributed by atoms with van der Waals surface area (Å²) in [6.07, 6.45) is 1.94. The van der Waals surface area contributed by atoms with Crippen LogP contribution in [0.15, 0.2) is 36.4 Å². The zero-order chi connectivity index (χ0) is 18.7. The molecule has 3 aromatic rings. The van der Waals surface area contributed by atoms with Crippen LogP contribution in [0.2, 0.25) is 5.02 Å². The third-order valence-electron chi connectivity index (χ3n) is 4.86. The number of benzene rings is 2. The highest BCUT2D eigenvalue weighted by atomic mass is 35.5. The molecule has 0 N–H and O–H groups in total. The van der Waals surface area contributed by atoms with Gasteiger partial charge in [0.05, 0.1) is 25.3 Å². The van der Waals surface area contributed by atoms with E-state index in [0.717, 1.165) is 52.8 Å². The highest BCUT2D eigenvalue weighted by molar-refractivity contribution is 6.31. The Kier molecular flexibility index (Phi) is 5.72. The summed E-state index contributed by atoms with van der Waals surface area (Å²) < 4.78 is 13.1. The molecule has 0 spiro atoms. The molecule has 0 saturated heterocycles. The number of imidazole rings is 1. The molecule has 0 saturated carbocycles. The van der Waals surface area contributed by atoms with Gasteiger partial charge < -0.3 is 14.0 Å². The van der Waals surface area contributed by atoms with E-state index in [4.69, 9.17) is 26.1 Å². The lowest BCUT2D eigenvalue weighted by Gasteiger charge is -2.14. The standard InChI is InChI=1S/C21H25ClN2O2/c1-5-14(2)21-23-17-13-16(22)7-8-18(17)24(21)11-10-15-6-9-19(25-3)20(12-15)26-4/h6-9,12-14H,5,10-11H2,1-4H3. The minimum Gasteiger partial charge on any atom is -0.493 e. The van der Waals surface area contributed by atoms with Gasteiger partial charge in [0.15, 0.2) is 11.5 Å². The lowest BCUT2D eigenvalue weighted by Crippen LogP contribution is -2.09. The van der Waals surface area contributed by atoms with E-state index in [1.807, 2.05) is 24.3 Å². The summed E-state index contributed by atoms with van der Waals surface area (Å²) in [5, 5.41) is 0.720. The van der Waals surface area contributed by atoms with Crippen LogP contribution in [0.5, 0.6) is 11.5 Å². The molecule has 1 unspecified atom stereocenters. The van der Waals surface area contributed by atoms with Crippen LogP contribution in [0.4, 0.5) is 0 Å². The second kappa shape index (κ2) is 8.00. The van der Waals surface area contributed by atoms with Crippen molar-refractivity contribution in [3.8, 4) is 11.5 Å². The molecule has 2 aromatic carbocycles. The Labute approximate surface area is 159 Å². The van der Waals surface area contributed by atoms with Gasteiger partial charge in [-0.1, -0.05) is 31.5 Å². The summed E-state index contributed by atoms with van der Waals surface area (Å²) >= 11 is 6.15. The zero-order valence-electron chi connectivity index (χ0n) is 15.8. The first-order chi connectivity index (χ1) is 12.6. The van der Waals surface area contributed by atoms with E-state index in [-0.39, 0.29) is 0 Å². The van der Waals surface area contributed by atoms with Gasteiger partial charge in [0.25, 0.3) is 0 Å². The van der Waals surface area contributed by atoms with Crippen LogP contribution < -0.4 is 9.47 Å². The molecule has 1 aromatic heterocycles.